The predicted molar refractivity (Wildman–Crippen MR) is 101 cm³/mol. The Morgan fingerprint density at radius 3 is 2.32 bits per heavy atom. The van der Waals surface area contributed by atoms with Crippen LogP contribution in [0.1, 0.15) is 85.7 Å². The van der Waals surface area contributed by atoms with Crippen LogP contribution in [0.2, 0.25) is 0 Å². The number of rotatable bonds is 9. The van der Waals surface area contributed by atoms with Crippen LogP contribution in [0.25, 0.3) is 0 Å². The molecule has 0 bridgehead atoms. The zero-order valence-corrected chi connectivity index (χ0v) is 15.3. The van der Waals surface area contributed by atoms with E-state index in [-0.39, 0.29) is 7.33 Å². The van der Waals surface area contributed by atoms with Crippen molar-refractivity contribution < 1.29 is 6.22 Å². The minimum absolute atomic E-state index is 0. The standard InChI is InChI=1S/C18H29NO.C2H6.H2/c1-4-7-8-9-13-16-15(11-5-2)12-10-14-17(16)19-18(20)6-3;1-2;/h10,12,14H,4-9,11,13H2,1-3H3,(H,19,20);1-2H3;1H. The minimum atomic E-state index is 0. The molecule has 128 valence electrons. The summed E-state index contributed by atoms with van der Waals surface area (Å²) in [6.45, 7) is 10.3. The van der Waals surface area contributed by atoms with E-state index in [9.17, 15) is 4.79 Å². The number of hydrogen-bond donors (Lipinski definition) is 1. The van der Waals surface area contributed by atoms with Gasteiger partial charge in [-0.25, -0.2) is 0 Å². The van der Waals surface area contributed by atoms with E-state index in [2.05, 4.69) is 31.3 Å². The summed E-state index contributed by atoms with van der Waals surface area (Å²) in [5, 5.41) is 3.06. The largest absolute Gasteiger partial charge is 0.326 e. The fraction of sp³-hybridized carbons (Fsp3) is 0.650. The monoisotopic (exact) mass is 307 g/mol. The highest BCUT2D eigenvalue weighted by atomic mass is 16.1. The second kappa shape index (κ2) is 13.4. The van der Waals surface area contributed by atoms with Gasteiger partial charge in [0, 0.05) is 13.5 Å². The lowest BCUT2D eigenvalue weighted by Gasteiger charge is -2.15. The summed E-state index contributed by atoms with van der Waals surface area (Å²) in [7, 11) is 0. The average Bonchev–Trinajstić information content (AvgIpc) is 2.55. The first-order chi connectivity index (χ1) is 10.7. The molecular weight excluding hydrogens is 270 g/mol. The lowest BCUT2D eigenvalue weighted by molar-refractivity contribution is -0.115. The number of nitrogens with one attached hydrogen (secondary N) is 1. The Kier molecular flexibility index (Phi) is 12.6. The molecule has 0 atom stereocenters. The van der Waals surface area contributed by atoms with Crippen molar-refractivity contribution in [3.8, 4) is 0 Å². The summed E-state index contributed by atoms with van der Waals surface area (Å²) >= 11 is 0. The molecule has 2 nitrogen and oxygen atoms in total. The summed E-state index contributed by atoms with van der Waals surface area (Å²) in [6.07, 6.45) is 8.90. The van der Waals surface area contributed by atoms with Crippen LogP contribution >= 0.6 is 0 Å². The topological polar surface area (TPSA) is 29.1 Å². The van der Waals surface area contributed by atoms with Crippen LogP contribution in [0, 0.1) is 0 Å². The molecule has 0 radical (unpaired) electrons. The van der Waals surface area contributed by atoms with Crippen LogP contribution in [0.4, 0.5) is 5.69 Å². The zero-order valence-electron chi connectivity index (χ0n) is 15.3. The Labute approximate surface area is 139 Å². The number of anilines is 1. The minimum Gasteiger partial charge on any atom is -0.326 e. The van der Waals surface area contributed by atoms with Gasteiger partial charge in [-0.3, -0.25) is 4.79 Å². The van der Waals surface area contributed by atoms with Crippen LogP contribution in [-0.2, 0) is 17.6 Å². The maximum atomic E-state index is 11.7. The van der Waals surface area contributed by atoms with Gasteiger partial charge >= 0.3 is 0 Å². The Bertz CT molecular complexity index is 418. The van der Waals surface area contributed by atoms with Gasteiger partial charge in [0.15, 0.2) is 0 Å². The number of unbranched alkanes of at least 4 members (excludes halogenated alkanes) is 3. The molecule has 1 rings (SSSR count). The first-order valence-electron chi connectivity index (χ1n) is 9.13. The molecule has 0 aliphatic rings. The fourth-order valence-corrected chi connectivity index (χ4v) is 2.52. The zero-order chi connectivity index (χ0) is 16.8. The van der Waals surface area contributed by atoms with Crippen molar-refractivity contribution in [3.05, 3.63) is 29.3 Å². The van der Waals surface area contributed by atoms with Crippen molar-refractivity contribution in [1.82, 2.24) is 0 Å². The molecule has 0 aliphatic carbocycles. The first kappa shape index (κ1) is 20.7. The third kappa shape index (κ3) is 7.63. The van der Waals surface area contributed by atoms with E-state index >= 15 is 0 Å². The Morgan fingerprint density at radius 2 is 1.73 bits per heavy atom. The van der Waals surface area contributed by atoms with Gasteiger partial charge in [-0.05, 0) is 36.5 Å². The van der Waals surface area contributed by atoms with Gasteiger partial charge in [0.2, 0.25) is 5.91 Å². The van der Waals surface area contributed by atoms with Gasteiger partial charge in [0.1, 0.15) is 0 Å². The molecule has 1 N–H and O–H groups in total. The third-order valence-corrected chi connectivity index (χ3v) is 3.67. The summed E-state index contributed by atoms with van der Waals surface area (Å²) in [4.78, 5) is 11.7. The molecule has 0 unspecified atom stereocenters. The van der Waals surface area contributed by atoms with E-state index in [0.29, 0.717) is 6.42 Å². The molecule has 0 spiro atoms. The second-order valence-electron chi connectivity index (χ2n) is 5.41. The maximum absolute atomic E-state index is 11.7. The van der Waals surface area contributed by atoms with Crippen molar-refractivity contribution in [3.63, 3.8) is 0 Å². The maximum Gasteiger partial charge on any atom is 0.224 e. The lowest BCUT2D eigenvalue weighted by atomic mass is 9.96. The quantitative estimate of drug-likeness (QED) is 0.527. The van der Waals surface area contributed by atoms with Crippen molar-refractivity contribution in [2.24, 2.45) is 0 Å². The molecule has 1 aromatic carbocycles. The third-order valence-electron chi connectivity index (χ3n) is 3.67. The summed E-state index contributed by atoms with van der Waals surface area (Å²) in [5.41, 5.74) is 3.78. The number of carbonyl (C=O) groups excluding carboxylic acids is 1. The molecule has 0 heterocycles. The van der Waals surface area contributed by atoms with Crippen LogP contribution in [0.5, 0.6) is 0 Å². The molecule has 0 fully saturated rings. The predicted octanol–water partition coefficient (Wildman–Crippen LogP) is 6.38. The molecule has 0 aromatic heterocycles. The van der Waals surface area contributed by atoms with E-state index in [0.717, 1.165) is 24.9 Å². The summed E-state index contributed by atoms with van der Waals surface area (Å²) < 4.78 is 0. The molecule has 1 amide bonds. The van der Waals surface area contributed by atoms with Crippen molar-refractivity contribution in [2.75, 3.05) is 5.32 Å². The lowest BCUT2D eigenvalue weighted by Crippen LogP contribution is -2.12. The molecule has 0 saturated heterocycles. The number of amides is 1. The van der Waals surface area contributed by atoms with Gasteiger partial charge in [-0.2, -0.15) is 0 Å². The van der Waals surface area contributed by atoms with E-state index in [1.165, 1.54) is 36.8 Å². The molecule has 0 aliphatic heterocycles. The molecule has 1 aromatic rings. The molecule has 22 heavy (non-hydrogen) atoms. The van der Waals surface area contributed by atoms with Crippen molar-refractivity contribution >= 4 is 11.6 Å². The van der Waals surface area contributed by atoms with E-state index in [4.69, 9.17) is 0 Å². The van der Waals surface area contributed by atoms with Gasteiger partial charge in [0.25, 0.3) is 0 Å². The molecule has 2 heteroatoms. The van der Waals surface area contributed by atoms with E-state index < -0.39 is 0 Å². The Balaban J connectivity index is 0. The highest BCUT2D eigenvalue weighted by molar-refractivity contribution is 5.91. The Morgan fingerprint density at radius 1 is 1.00 bits per heavy atom. The number of benzene rings is 1. The van der Waals surface area contributed by atoms with Crippen LogP contribution < -0.4 is 5.32 Å². The van der Waals surface area contributed by atoms with Crippen molar-refractivity contribution in [1.29, 1.82) is 0 Å². The van der Waals surface area contributed by atoms with Gasteiger partial charge < -0.3 is 5.32 Å². The van der Waals surface area contributed by atoms with Gasteiger partial charge in [-0.1, -0.05) is 72.4 Å². The summed E-state index contributed by atoms with van der Waals surface area (Å²) in [6, 6.07) is 6.31. The van der Waals surface area contributed by atoms with Crippen LogP contribution in [-0.4, -0.2) is 5.91 Å². The molecular formula is C20H37NO. The van der Waals surface area contributed by atoms with Crippen molar-refractivity contribution in [2.45, 2.75) is 86.0 Å². The van der Waals surface area contributed by atoms with E-state index in [1.54, 1.807) is 0 Å². The second-order valence-corrected chi connectivity index (χ2v) is 5.41. The van der Waals surface area contributed by atoms with Crippen LogP contribution in [0.15, 0.2) is 18.2 Å². The van der Waals surface area contributed by atoms with Gasteiger partial charge in [0.05, 0.1) is 0 Å². The highest BCUT2D eigenvalue weighted by Crippen LogP contribution is 2.24. The average molecular weight is 308 g/mol. The number of hydrogen-bond acceptors (Lipinski definition) is 1. The summed E-state index contributed by atoms with van der Waals surface area (Å²) in [5.74, 6) is 0.105. The van der Waals surface area contributed by atoms with Gasteiger partial charge in [-0.15, -0.1) is 0 Å². The number of carbonyl (C=O) groups is 1. The Hall–Kier alpha value is -1.31. The van der Waals surface area contributed by atoms with E-state index in [1.807, 2.05) is 26.8 Å². The smallest absolute Gasteiger partial charge is 0.224 e. The fourth-order valence-electron chi connectivity index (χ4n) is 2.52. The first-order valence-corrected chi connectivity index (χ1v) is 9.13. The molecule has 0 saturated carbocycles. The normalized spacial score (nSPS) is 9.86. The van der Waals surface area contributed by atoms with Crippen LogP contribution in [0.3, 0.4) is 0 Å². The number of aryl methyl sites for hydroxylation is 1. The SMILES string of the molecule is CC.CCCCCCc1c(CCC)cccc1NC(=O)CC.[HH]. The highest BCUT2D eigenvalue weighted by Gasteiger charge is 2.09.